The van der Waals surface area contributed by atoms with Gasteiger partial charge in [0.25, 0.3) is 0 Å². The van der Waals surface area contributed by atoms with Crippen molar-refractivity contribution in [1.82, 2.24) is 0 Å². The predicted molar refractivity (Wildman–Crippen MR) is 83.8 cm³/mol. The Kier molecular flexibility index (Phi) is 4.13. The van der Waals surface area contributed by atoms with Gasteiger partial charge in [0.15, 0.2) is 0 Å². The first-order valence-corrected chi connectivity index (χ1v) is 12.3. The third kappa shape index (κ3) is 2.76. The first-order valence-electron chi connectivity index (χ1n) is 6.63. The minimum absolute atomic E-state index is 0.840. The molecule has 1 aliphatic rings. The van der Waals surface area contributed by atoms with Gasteiger partial charge in [-0.2, -0.15) is 0 Å². The average Bonchev–Trinajstić information content (AvgIpc) is 2.95. The molecule has 20 heavy (non-hydrogen) atoms. The normalized spacial score (nSPS) is 13.9. The zero-order valence-corrected chi connectivity index (χ0v) is 15.0. The Labute approximate surface area is 126 Å². The van der Waals surface area contributed by atoms with Crippen molar-refractivity contribution < 1.29 is 9.47 Å². The van der Waals surface area contributed by atoms with Gasteiger partial charge < -0.3 is 0 Å². The third-order valence-corrected chi connectivity index (χ3v) is 8.95. The molecular weight excluding hydrogens is 353 g/mol. The summed E-state index contributed by atoms with van der Waals surface area (Å²) in [5.74, 6) is 0.889. The molecule has 0 fully saturated rings. The second-order valence-corrected chi connectivity index (χ2v) is 10.8. The Morgan fingerprint density at radius 2 is 1.85 bits per heavy atom. The van der Waals surface area contributed by atoms with Crippen LogP contribution >= 0.6 is 0 Å². The van der Waals surface area contributed by atoms with Gasteiger partial charge in [0.1, 0.15) is 0 Å². The van der Waals surface area contributed by atoms with Crippen LogP contribution in [-0.4, -0.2) is 46.0 Å². The molecule has 0 N–H and O–H groups in total. The van der Waals surface area contributed by atoms with Crippen LogP contribution in [-0.2, 0) is 4.74 Å². The van der Waals surface area contributed by atoms with E-state index in [0.717, 1.165) is 15.8 Å². The van der Waals surface area contributed by atoms with Gasteiger partial charge in [0.05, 0.1) is 0 Å². The summed E-state index contributed by atoms with van der Waals surface area (Å²) in [6.45, 7) is 0. The van der Waals surface area contributed by atoms with Crippen LogP contribution in [0.3, 0.4) is 0 Å². The molecule has 3 nitrogen and oxygen atoms in total. The fourth-order valence-corrected chi connectivity index (χ4v) is 7.01. The summed E-state index contributed by atoms with van der Waals surface area (Å²) < 4.78 is 18.5. The predicted octanol–water partition coefficient (Wildman–Crippen LogP) is 2.92. The van der Waals surface area contributed by atoms with Gasteiger partial charge in [0, 0.05) is 0 Å². The zero-order valence-electron chi connectivity index (χ0n) is 11.7. The van der Waals surface area contributed by atoms with Crippen LogP contribution in [0.2, 0.25) is 0 Å². The van der Waals surface area contributed by atoms with E-state index in [1.807, 2.05) is 6.07 Å². The fourth-order valence-electron chi connectivity index (χ4n) is 2.41. The molecule has 0 saturated heterocycles. The summed E-state index contributed by atoms with van der Waals surface area (Å²) in [4.78, 5) is 0. The number of hydrogen-bond donors (Lipinski definition) is 0. The Morgan fingerprint density at radius 1 is 1.05 bits per heavy atom. The van der Waals surface area contributed by atoms with Gasteiger partial charge in [-0.1, -0.05) is 0 Å². The van der Waals surface area contributed by atoms with Crippen molar-refractivity contribution in [3.63, 3.8) is 0 Å². The summed E-state index contributed by atoms with van der Waals surface area (Å²) in [6.07, 6.45) is 2.16. The Morgan fingerprint density at radius 3 is 2.65 bits per heavy atom. The molecule has 3 rings (SSSR count). The van der Waals surface area contributed by atoms with Crippen LogP contribution in [0.25, 0.3) is 10.8 Å². The number of fused-ring (bicyclic) bond motifs is 1. The van der Waals surface area contributed by atoms with E-state index in [9.17, 15) is 0 Å². The van der Waals surface area contributed by atoms with Gasteiger partial charge in [-0.15, -0.1) is 0 Å². The van der Waals surface area contributed by atoms with E-state index in [2.05, 4.69) is 40.2 Å². The van der Waals surface area contributed by atoms with Gasteiger partial charge in [-0.05, 0) is 0 Å². The van der Waals surface area contributed by atoms with E-state index in [1.165, 1.54) is 16.3 Å². The SMILES string of the molecule is CO[CH2][In]1[CH]=CC(c2ccc3cc(OC)ccc3c2)=[N]1. The molecule has 0 aliphatic carbocycles. The number of allylic oxidation sites excluding steroid dienone is 1. The van der Waals surface area contributed by atoms with Crippen molar-refractivity contribution in [3.05, 3.63) is 51.9 Å². The van der Waals surface area contributed by atoms with E-state index < -0.39 is 21.7 Å². The van der Waals surface area contributed by atoms with Gasteiger partial charge in [0.2, 0.25) is 0 Å². The average molecular weight is 369 g/mol. The van der Waals surface area contributed by atoms with Crippen LogP contribution in [0.1, 0.15) is 5.56 Å². The Hall–Kier alpha value is -1.26. The van der Waals surface area contributed by atoms with Crippen LogP contribution in [0.5, 0.6) is 5.75 Å². The second kappa shape index (κ2) is 6.02. The second-order valence-electron chi connectivity index (χ2n) is 4.82. The maximum atomic E-state index is 5.25. The van der Waals surface area contributed by atoms with E-state index in [-0.39, 0.29) is 0 Å². The Bertz CT molecular complexity index is 694. The summed E-state index contributed by atoms with van der Waals surface area (Å²) in [5, 5.41) is 2.40. The van der Waals surface area contributed by atoms with Crippen molar-refractivity contribution >= 4 is 38.2 Å². The molecule has 2 aromatic carbocycles. The van der Waals surface area contributed by atoms with Gasteiger partial charge in [-0.25, -0.2) is 0 Å². The molecule has 0 spiro atoms. The van der Waals surface area contributed by atoms with E-state index in [4.69, 9.17) is 12.5 Å². The molecule has 0 unspecified atom stereocenters. The molecule has 0 amide bonds. The molecule has 1 aliphatic heterocycles. The van der Waals surface area contributed by atoms with E-state index in [1.54, 1.807) is 14.2 Å². The van der Waals surface area contributed by atoms with E-state index in [0.29, 0.717) is 0 Å². The summed E-state index contributed by atoms with van der Waals surface area (Å²) in [7, 11) is 3.44. The summed E-state index contributed by atoms with van der Waals surface area (Å²) >= 11 is -1.91. The quantitative estimate of drug-likeness (QED) is 0.830. The zero-order chi connectivity index (χ0) is 13.9. The van der Waals surface area contributed by atoms with E-state index >= 15 is 0 Å². The molecule has 0 atom stereocenters. The number of nitrogens with zero attached hydrogens (tertiary/aromatic N) is 1. The summed E-state index contributed by atoms with van der Waals surface area (Å²) in [6, 6.07) is 12.6. The fraction of sp³-hybridized carbons (Fsp3) is 0.188. The molecule has 0 bridgehead atoms. The monoisotopic (exact) mass is 369 g/mol. The maximum absolute atomic E-state index is 5.25. The minimum atomic E-state index is -1.91. The standard InChI is InChI=1S/C14H11NO.C2H5O.In/c1-3-14(15)12-5-4-11-9-13(16-2)7-6-10(11)8-12;1-3-2;/h1,3-9H,2H3;1H2,2H3;/q-1;;+1. The van der Waals surface area contributed by atoms with Crippen molar-refractivity contribution in [2.75, 3.05) is 18.6 Å². The van der Waals surface area contributed by atoms with Crippen LogP contribution in [0.15, 0.2) is 49.3 Å². The third-order valence-electron chi connectivity index (χ3n) is 3.46. The van der Waals surface area contributed by atoms with Gasteiger partial charge in [-0.3, -0.25) is 0 Å². The van der Waals surface area contributed by atoms with Crippen LogP contribution in [0.4, 0.5) is 0 Å². The van der Waals surface area contributed by atoms with Crippen LogP contribution in [0, 0.1) is 0 Å². The topological polar surface area (TPSA) is 30.8 Å². The molecule has 0 aromatic heterocycles. The first-order chi connectivity index (χ1) is 9.80. The van der Waals surface area contributed by atoms with Crippen LogP contribution < -0.4 is 4.74 Å². The number of methoxy groups -OCH3 is 2. The molecule has 0 radical (unpaired) electrons. The molecular formula is C16H16InNO2. The molecule has 2 aromatic rings. The number of ether oxygens (including phenoxy) is 2. The Balaban J connectivity index is 1.94. The molecule has 4 heteroatoms. The number of rotatable bonds is 4. The van der Waals surface area contributed by atoms with Gasteiger partial charge >= 0.3 is 127 Å². The van der Waals surface area contributed by atoms with Crippen molar-refractivity contribution in [1.29, 1.82) is 0 Å². The van der Waals surface area contributed by atoms with Crippen molar-refractivity contribution in [2.45, 2.75) is 0 Å². The van der Waals surface area contributed by atoms with Crippen molar-refractivity contribution in [2.24, 2.45) is 2.98 Å². The summed E-state index contributed by atoms with van der Waals surface area (Å²) in [5.41, 5.74) is 2.30. The number of hydrogen-bond acceptors (Lipinski definition) is 3. The molecule has 0 saturated carbocycles. The molecule has 100 valence electrons. The molecule has 1 heterocycles. The van der Waals surface area contributed by atoms with Crippen molar-refractivity contribution in [3.8, 4) is 5.75 Å². The first kappa shape index (κ1) is 13.7. The number of benzene rings is 2.